The number of rotatable bonds is 8. The van der Waals surface area contributed by atoms with Crippen LogP contribution in [0.3, 0.4) is 0 Å². The molecule has 2 aliphatic rings. The van der Waals surface area contributed by atoms with E-state index in [2.05, 4.69) is 5.32 Å². The number of amides is 2. The molecule has 1 fully saturated rings. The van der Waals surface area contributed by atoms with Crippen LogP contribution in [0.4, 0.5) is 0 Å². The van der Waals surface area contributed by atoms with Crippen molar-refractivity contribution in [1.29, 1.82) is 0 Å². The topological polar surface area (TPSA) is 89.5 Å². The zero-order chi connectivity index (χ0) is 19.6. The number of nitrogens with zero attached hydrogens (tertiary/aromatic N) is 1. The summed E-state index contributed by atoms with van der Waals surface area (Å²) in [6.45, 7) is 3.90. The molecular formula is C19H21N2NaO4S2. The third-order valence-corrected chi connectivity index (χ3v) is 7.01. The minimum Gasteiger partial charge on any atom is -0.543 e. The van der Waals surface area contributed by atoms with Gasteiger partial charge in [-0.15, -0.1) is 23.5 Å². The van der Waals surface area contributed by atoms with Gasteiger partial charge in [0, 0.05) is 40.7 Å². The number of thioether (sulfide) groups is 2. The van der Waals surface area contributed by atoms with Crippen molar-refractivity contribution in [2.75, 3.05) is 12.3 Å². The van der Waals surface area contributed by atoms with Crippen LogP contribution in [0.25, 0.3) is 0 Å². The molecule has 0 saturated carbocycles. The molecule has 2 amide bonds. The van der Waals surface area contributed by atoms with E-state index in [-0.39, 0.29) is 64.3 Å². The monoisotopic (exact) mass is 428 g/mol. The van der Waals surface area contributed by atoms with E-state index < -0.39 is 5.97 Å². The van der Waals surface area contributed by atoms with Gasteiger partial charge in [-0.1, -0.05) is 25.1 Å². The summed E-state index contributed by atoms with van der Waals surface area (Å²) in [5.41, 5.74) is 0.00554. The molecule has 6 nitrogen and oxygen atoms in total. The van der Waals surface area contributed by atoms with Gasteiger partial charge in [-0.05, 0) is 12.1 Å². The van der Waals surface area contributed by atoms with E-state index in [0.29, 0.717) is 23.6 Å². The average molecular weight is 429 g/mol. The van der Waals surface area contributed by atoms with Gasteiger partial charge in [-0.25, -0.2) is 0 Å². The van der Waals surface area contributed by atoms with Crippen molar-refractivity contribution in [3.8, 4) is 0 Å². The fourth-order valence-corrected chi connectivity index (χ4v) is 5.77. The number of aliphatic carboxylic acids is 1. The molecule has 28 heavy (non-hydrogen) atoms. The number of hydrogen-bond acceptors (Lipinski definition) is 6. The van der Waals surface area contributed by atoms with Crippen LogP contribution in [-0.2, 0) is 14.4 Å². The molecule has 3 rings (SSSR count). The molecule has 0 radical (unpaired) electrons. The van der Waals surface area contributed by atoms with Crippen molar-refractivity contribution in [3.63, 3.8) is 0 Å². The number of carbonyl (C=O) groups is 3. The van der Waals surface area contributed by atoms with Gasteiger partial charge in [0.15, 0.2) is 0 Å². The molecule has 0 bridgehead atoms. The molecule has 1 aromatic carbocycles. The first-order valence-electron chi connectivity index (χ1n) is 8.76. The summed E-state index contributed by atoms with van der Waals surface area (Å²) in [4.78, 5) is 38.4. The van der Waals surface area contributed by atoms with Gasteiger partial charge in [0.05, 0.1) is 23.6 Å². The zero-order valence-corrected chi connectivity index (χ0v) is 19.8. The van der Waals surface area contributed by atoms with Crippen molar-refractivity contribution in [2.45, 2.75) is 36.5 Å². The maximum absolute atomic E-state index is 12.7. The molecule has 144 valence electrons. The SMILES string of the molecule is CC(=O)NCCSC1=C(C(=O)[O-])N2C(=O)[C@@H]([C@@H](C)Sc3ccccc3)[C@H]2C1.[Na+]. The number of fused-ring (bicyclic) bond motifs is 1. The van der Waals surface area contributed by atoms with E-state index in [1.807, 2.05) is 37.3 Å². The average Bonchev–Trinajstić information content (AvgIpc) is 2.94. The Morgan fingerprint density at radius 2 is 2.00 bits per heavy atom. The standard InChI is InChI=1S/C19H22N2O4S2.Na/c1-11(27-13-6-4-3-5-7-13)16-14-10-15(26-9-8-20-12(2)22)17(19(24)25)21(14)18(16)23;/h3-7,11,14,16H,8-10H2,1-2H3,(H,20,22)(H,24,25);/q;+1/p-1/t11-,14-,16+;/m1./s1. The summed E-state index contributed by atoms with van der Waals surface area (Å²) in [6.07, 6.45) is 0.532. The molecule has 1 aromatic rings. The summed E-state index contributed by atoms with van der Waals surface area (Å²) in [6, 6.07) is 9.75. The molecule has 0 aromatic heterocycles. The summed E-state index contributed by atoms with van der Waals surface area (Å²) >= 11 is 3.01. The maximum atomic E-state index is 12.7. The van der Waals surface area contributed by atoms with Crippen molar-refractivity contribution in [2.24, 2.45) is 5.92 Å². The number of benzene rings is 1. The molecule has 3 atom stereocenters. The predicted octanol–water partition coefficient (Wildman–Crippen LogP) is -1.77. The van der Waals surface area contributed by atoms with Gasteiger partial charge in [-0.2, -0.15) is 0 Å². The van der Waals surface area contributed by atoms with Crippen LogP contribution in [0, 0.1) is 5.92 Å². The second-order valence-corrected chi connectivity index (χ2v) is 9.17. The second kappa shape index (κ2) is 10.2. The Bertz CT molecular complexity index is 787. The van der Waals surface area contributed by atoms with E-state index in [9.17, 15) is 19.5 Å². The Kier molecular flexibility index (Phi) is 8.51. The number of hydrogen-bond donors (Lipinski definition) is 1. The maximum Gasteiger partial charge on any atom is 1.00 e. The zero-order valence-electron chi connectivity index (χ0n) is 16.1. The molecule has 0 spiro atoms. The summed E-state index contributed by atoms with van der Waals surface area (Å²) in [7, 11) is 0. The molecular weight excluding hydrogens is 407 g/mol. The fraction of sp³-hybridized carbons (Fsp3) is 0.421. The molecule has 1 saturated heterocycles. The van der Waals surface area contributed by atoms with Crippen molar-refractivity contribution < 1.29 is 49.0 Å². The van der Waals surface area contributed by atoms with Crippen LogP contribution in [0.1, 0.15) is 20.3 Å². The molecule has 0 unspecified atom stereocenters. The van der Waals surface area contributed by atoms with E-state index >= 15 is 0 Å². The van der Waals surface area contributed by atoms with Crippen molar-refractivity contribution >= 4 is 41.3 Å². The van der Waals surface area contributed by atoms with E-state index in [4.69, 9.17) is 0 Å². The van der Waals surface area contributed by atoms with Gasteiger partial charge < -0.3 is 20.1 Å². The van der Waals surface area contributed by atoms with Crippen LogP contribution in [0.2, 0.25) is 0 Å². The van der Waals surface area contributed by atoms with Crippen LogP contribution in [-0.4, -0.2) is 46.3 Å². The molecule has 9 heteroatoms. The van der Waals surface area contributed by atoms with Gasteiger partial charge >= 0.3 is 29.6 Å². The Hall–Kier alpha value is -0.930. The smallest absolute Gasteiger partial charge is 0.543 e. The molecule has 1 N–H and O–H groups in total. The van der Waals surface area contributed by atoms with Crippen molar-refractivity contribution in [3.05, 3.63) is 40.9 Å². The van der Waals surface area contributed by atoms with Crippen LogP contribution in [0.15, 0.2) is 45.8 Å². The van der Waals surface area contributed by atoms with Gasteiger partial charge in [0.2, 0.25) is 11.8 Å². The number of carbonyl (C=O) groups excluding carboxylic acids is 3. The first-order valence-corrected chi connectivity index (χ1v) is 10.6. The second-order valence-electron chi connectivity index (χ2n) is 6.53. The minimum atomic E-state index is -1.31. The van der Waals surface area contributed by atoms with Gasteiger partial charge in [0.1, 0.15) is 0 Å². The number of β-lactam (4-membered cyclic amide) rings is 1. The molecule has 2 heterocycles. The third-order valence-electron chi connectivity index (χ3n) is 4.68. The fourth-order valence-electron chi connectivity index (χ4n) is 3.52. The molecule has 0 aliphatic carbocycles. The Morgan fingerprint density at radius 1 is 1.32 bits per heavy atom. The predicted molar refractivity (Wildman–Crippen MR) is 104 cm³/mol. The van der Waals surface area contributed by atoms with E-state index in [1.165, 1.54) is 23.6 Å². The normalized spacial score (nSPS) is 21.5. The third kappa shape index (κ3) is 4.97. The van der Waals surface area contributed by atoms with Gasteiger partial charge in [0.25, 0.3) is 0 Å². The minimum absolute atomic E-state index is 0. The first kappa shape index (κ1) is 23.3. The summed E-state index contributed by atoms with van der Waals surface area (Å²) in [5, 5.41) is 14.3. The Labute approximate surface area is 195 Å². The van der Waals surface area contributed by atoms with Crippen LogP contribution < -0.4 is 40.0 Å². The largest absolute Gasteiger partial charge is 1.00 e. The summed E-state index contributed by atoms with van der Waals surface area (Å²) in [5.74, 6) is -1.23. The Morgan fingerprint density at radius 3 is 2.61 bits per heavy atom. The Balaban J connectivity index is 0.00000280. The summed E-state index contributed by atoms with van der Waals surface area (Å²) < 4.78 is 0. The number of carboxylic acid groups (broad SMARTS) is 1. The number of carboxylic acids is 1. The molecule has 2 aliphatic heterocycles. The van der Waals surface area contributed by atoms with E-state index in [1.54, 1.807) is 11.8 Å². The van der Waals surface area contributed by atoms with Gasteiger partial charge in [-0.3, -0.25) is 9.59 Å². The van der Waals surface area contributed by atoms with Crippen LogP contribution in [0.5, 0.6) is 0 Å². The van der Waals surface area contributed by atoms with Crippen molar-refractivity contribution in [1.82, 2.24) is 10.2 Å². The van der Waals surface area contributed by atoms with Crippen LogP contribution >= 0.6 is 23.5 Å². The first-order chi connectivity index (χ1) is 12.9. The quantitative estimate of drug-likeness (QED) is 0.228. The number of nitrogens with one attached hydrogen (secondary N) is 1. The van der Waals surface area contributed by atoms with E-state index in [0.717, 1.165) is 4.90 Å².